The second-order valence-electron chi connectivity index (χ2n) is 2.97. The zero-order valence-corrected chi connectivity index (χ0v) is 8.11. The molecule has 0 saturated carbocycles. The molecule has 5 heteroatoms. The molecule has 2 rings (SSSR count). The molecule has 0 spiro atoms. The minimum absolute atomic E-state index is 0.132. The molecule has 0 radical (unpaired) electrons. The number of hydrogen-bond acceptors (Lipinski definition) is 4. The summed E-state index contributed by atoms with van der Waals surface area (Å²) in [6, 6.07) is 6.13. The lowest BCUT2D eigenvalue weighted by Gasteiger charge is -1.95. The molecular weight excluding hydrogens is 199 g/mol. The van der Waals surface area contributed by atoms with Crippen LogP contribution in [0.3, 0.4) is 0 Å². The zero-order valence-electron chi connectivity index (χ0n) is 8.11. The molecule has 0 amide bonds. The van der Waals surface area contributed by atoms with Gasteiger partial charge >= 0.3 is 6.08 Å². The van der Waals surface area contributed by atoms with E-state index in [2.05, 4.69) is 10.2 Å². The van der Waals surface area contributed by atoms with Crippen molar-refractivity contribution in [1.29, 1.82) is 0 Å². The summed E-state index contributed by atoms with van der Waals surface area (Å²) >= 11 is 0. The highest BCUT2D eigenvalue weighted by molar-refractivity contribution is 5.18. The first-order valence-electron chi connectivity index (χ1n) is 4.39. The SMILES string of the molecule is COc1nnc(Cc2ccc(F)cc2)o1. The van der Waals surface area contributed by atoms with Gasteiger partial charge in [0.25, 0.3) is 0 Å². The third kappa shape index (κ3) is 2.31. The minimum Gasteiger partial charge on any atom is -0.452 e. The van der Waals surface area contributed by atoms with Crippen LogP contribution in [0.25, 0.3) is 0 Å². The highest BCUT2D eigenvalue weighted by atomic mass is 19.1. The van der Waals surface area contributed by atoms with E-state index in [-0.39, 0.29) is 11.9 Å². The fraction of sp³-hybridized carbons (Fsp3) is 0.200. The molecule has 0 fully saturated rings. The van der Waals surface area contributed by atoms with Gasteiger partial charge < -0.3 is 9.15 Å². The Bertz CT molecular complexity index is 439. The minimum atomic E-state index is -0.262. The maximum absolute atomic E-state index is 12.6. The fourth-order valence-corrected chi connectivity index (χ4v) is 1.17. The Morgan fingerprint density at radius 3 is 2.60 bits per heavy atom. The van der Waals surface area contributed by atoms with E-state index in [1.807, 2.05) is 0 Å². The molecule has 0 aliphatic carbocycles. The lowest BCUT2D eigenvalue weighted by Crippen LogP contribution is -1.88. The topological polar surface area (TPSA) is 48.2 Å². The van der Waals surface area contributed by atoms with Crippen LogP contribution in [0.4, 0.5) is 4.39 Å². The van der Waals surface area contributed by atoms with Gasteiger partial charge in [-0.2, -0.15) is 0 Å². The van der Waals surface area contributed by atoms with Gasteiger partial charge in [0.05, 0.1) is 13.5 Å². The van der Waals surface area contributed by atoms with Crippen molar-refractivity contribution in [3.05, 3.63) is 41.5 Å². The van der Waals surface area contributed by atoms with Crippen molar-refractivity contribution in [1.82, 2.24) is 10.2 Å². The van der Waals surface area contributed by atoms with Gasteiger partial charge in [-0.3, -0.25) is 0 Å². The van der Waals surface area contributed by atoms with Crippen molar-refractivity contribution in [3.63, 3.8) is 0 Å². The Morgan fingerprint density at radius 2 is 2.00 bits per heavy atom. The summed E-state index contributed by atoms with van der Waals surface area (Å²) in [4.78, 5) is 0. The molecule has 1 aromatic heterocycles. The average Bonchev–Trinajstić information content (AvgIpc) is 2.69. The van der Waals surface area contributed by atoms with E-state index < -0.39 is 0 Å². The Labute approximate surface area is 85.7 Å². The quantitative estimate of drug-likeness (QED) is 0.771. The first kappa shape index (κ1) is 9.64. The van der Waals surface area contributed by atoms with Crippen molar-refractivity contribution < 1.29 is 13.5 Å². The van der Waals surface area contributed by atoms with E-state index in [9.17, 15) is 4.39 Å². The van der Waals surface area contributed by atoms with E-state index in [4.69, 9.17) is 9.15 Å². The molecule has 0 bridgehead atoms. The summed E-state index contributed by atoms with van der Waals surface area (Å²) in [5, 5.41) is 7.40. The zero-order chi connectivity index (χ0) is 10.7. The maximum atomic E-state index is 12.6. The van der Waals surface area contributed by atoms with Gasteiger partial charge in [-0.15, -0.1) is 5.10 Å². The second-order valence-corrected chi connectivity index (χ2v) is 2.97. The number of nitrogens with zero attached hydrogens (tertiary/aromatic N) is 2. The second kappa shape index (κ2) is 4.08. The smallest absolute Gasteiger partial charge is 0.414 e. The normalized spacial score (nSPS) is 10.3. The van der Waals surface area contributed by atoms with E-state index in [0.29, 0.717) is 12.3 Å². The van der Waals surface area contributed by atoms with Crippen LogP contribution in [-0.2, 0) is 6.42 Å². The fourth-order valence-electron chi connectivity index (χ4n) is 1.17. The Kier molecular flexibility index (Phi) is 2.62. The number of benzene rings is 1. The number of methoxy groups -OCH3 is 1. The van der Waals surface area contributed by atoms with Crippen LogP contribution in [0.5, 0.6) is 6.08 Å². The van der Waals surface area contributed by atoms with Crippen molar-refractivity contribution >= 4 is 0 Å². The molecule has 0 N–H and O–H groups in total. The molecule has 0 aliphatic rings. The average molecular weight is 208 g/mol. The molecular formula is C10H9FN2O2. The summed E-state index contributed by atoms with van der Waals surface area (Å²) in [6.45, 7) is 0. The van der Waals surface area contributed by atoms with Gasteiger partial charge in [-0.05, 0) is 17.7 Å². The van der Waals surface area contributed by atoms with Crippen molar-refractivity contribution in [2.75, 3.05) is 7.11 Å². The summed E-state index contributed by atoms with van der Waals surface area (Å²) in [6.07, 6.45) is 0.600. The molecule has 0 unspecified atom stereocenters. The number of hydrogen-bond donors (Lipinski definition) is 0. The molecule has 15 heavy (non-hydrogen) atoms. The van der Waals surface area contributed by atoms with Gasteiger partial charge in [0, 0.05) is 0 Å². The molecule has 78 valence electrons. The summed E-state index contributed by atoms with van der Waals surface area (Å²) in [5.74, 6) is 0.181. The molecule has 0 saturated heterocycles. The summed E-state index contributed by atoms with van der Waals surface area (Å²) < 4.78 is 22.5. The van der Waals surface area contributed by atoms with Gasteiger partial charge in [0.2, 0.25) is 5.89 Å². The van der Waals surface area contributed by atoms with Crippen LogP contribution in [0.1, 0.15) is 11.5 Å². The number of aromatic nitrogens is 2. The van der Waals surface area contributed by atoms with Gasteiger partial charge in [-0.1, -0.05) is 17.2 Å². The molecule has 0 atom stereocenters. The molecule has 2 aromatic rings. The van der Waals surface area contributed by atoms with E-state index in [0.717, 1.165) is 5.56 Å². The highest BCUT2D eigenvalue weighted by Gasteiger charge is 2.06. The predicted octanol–water partition coefficient (Wildman–Crippen LogP) is 1.81. The van der Waals surface area contributed by atoms with Crippen LogP contribution in [-0.4, -0.2) is 17.3 Å². The maximum Gasteiger partial charge on any atom is 0.414 e. The Morgan fingerprint density at radius 1 is 1.27 bits per heavy atom. The van der Waals surface area contributed by atoms with Gasteiger partial charge in [-0.25, -0.2) is 4.39 Å². The van der Waals surface area contributed by atoms with Crippen LogP contribution in [0, 0.1) is 5.82 Å². The third-order valence-corrected chi connectivity index (χ3v) is 1.89. The van der Waals surface area contributed by atoms with Crippen molar-refractivity contribution in [3.8, 4) is 6.08 Å². The van der Waals surface area contributed by atoms with Crippen LogP contribution >= 0.6 is 0 Å². The monoisotopic (exact) mass is 208 g/mol. The van der Waals surface area contributed by atoms with Crippen LogP contribution in [0.2, 0.25) is 0 Å². The van der Waals surface area contributed by atoms with Crippen LogP contribution in [0.15, 0.2) is 28.7 Å². The molecule has 1 heterocycles. The molecule has 1 aromatic carbocycles. The summed E-state index contributed by atoms with van der Waals surface area (Å²) in [5.41, 5.74) is 0.905. The van der Waals surface area contributed by atoms with Crippen LogP contribution < -0.4 is 4.74 Å². The molecule has 4 nitrogen and oxygen atoms in total. The number of ether oxygens (including phenoxy) is 1. The largest absolute Gasteiger partial charge is 0.452 e. The Hall–Kier alpha value is -1.91. The van der Waals surface area contributed by atoms with Gasteiger partial charge in [0.1, 0.15) is 5.82 Å². The number of halogens is 1. The van der Waals surface area contributed by atoms with E-state index in [1.54, 1.807) is 12.1 Å². The van der Waals surface area contributed by atoms with Crippen molar-refractivity contribution in [2.45, 2.75) is 6.42 Å². The lowest BCUT2D eigenvalue weighted by molar-refractivity contribution is 0.282. The van der Waals surface area contributed by atoms with E-state index >= 15 is 0 Å². The Balaban J connectivity index is 2.11. The third-order valence-electron chi connectivity index (χ3n) is 1.89. The predicted molar refractivity (Wildman–Crippen MR) is 50.1 cm³/mol. The highest BCUT2D eigenvalue weighted by Crippen LogP contribution is 2.12. The van der Waals surface area contributed by atoms with Crippen molar-refractivity contribution in [2.24, 2.45) is 0 Å². The standard InChI is InChI=1S/C10H9FN2O2/c1-14-10-13-12-9(15-10)6-7-2-4-8(11)5-3-7/h2-5H,6H2,1H3. The van der Waals surface area contributed by atoms with E-state index in [1.165, 1.54) is 19.2 Å². The first-order chi connectivity index (χ1) is 7.28. The number of rotatable bonds is 3. The van der Waals surface area contributed by atoms with Gasteiger partial charge in [0.15, 0.2) is 0 Å². The summed E-state index contributed by atoms with van der Waals surface area (Å²) in [7, 11) is 1.45. The molecule has 0 aliphatic heterocycles. The lowest BCUT2D eigenvalue weighted by atomic mass is 10.1. The first-order valence-corrected chi connectivity index (χ1v) is 4.39.